The van der Waals surface area contributed by atoms with E-state index in [1.165, 1.54) is 6.07 Å². The summed E-state index contributed by atoms with van der Waals surface area (Å²) < 4.78 is 19.6. The molecule has 0 radical (unpaired) electrons. The molecule has 0 atom stereocenters. The average Bonchev–Trinajstić information content (AvgIpc) is 3.24. The smallest absolute Gasteiger partial charge is 0.254 e. The van der Waals surface area contributed by atoms with Crippen molar-refractivity contribution in [2.24, 2.45) is 0 Å². The van der Waals surface area contributed by atoms with Crippen LogP contribution in [0.25, 0.3) is 0 Å². The second-order valence-corrected chi connectivity index (χ2v) is 8.78. The Kier molecular flexibility index (Phi) is 6.50. The quantitative estimate of drug-likeness (QED) is 0.584. The lowest BCUT2D eigenvalue weighted by molar-refractivity contribution is 0.0535. The van der Waals surface area contributed by atoms with Crippen molar-refractivity contribution in [1.82, 2.24) is 14.8 Å². The van der Waals surface area contributed by atoms with Crippen molar-refractivity contribution in [3.05, 3.63) is 81.1 Å². The van der Waals surface area contributed by atoms with Crippen LogP contribution in [0, 0.1) is 19.7 Å². The van der Waals surface area contributed by atoms with Gasteiger partial charge in [0.25, 0.3) is 11.8 Å². The monoisotopic (exact) mass is 453 g/mol. The van der Waals surface area contributed by atoms with E-state index in [4.69, 9.17) is 4.74 Å². The number of piperazine rings is 1. The number of aromatic nitrogens is 1. The van der Waals surface area contributed by atoms with Crippen LogP contribution in [-0.4, -0.2) is 52.8 Å². The van der Waals surface area contributed by atoms with Gasteiger partial charge in [-0.3, -0.25) is 9.59 Å². The van der Waals surface area contributed by atoms with Crippen LogP contribution in [0.15, 0.2) is 47.8 Å². The fourth-order valence-electron chi connectivity index (χ4n) is 3.55. The van der Waals surface area contributed by atoms with E-state index in [-0.39, 0.29) is 11.8 Å². The molecule has 166 valence electrons. The van der Waals surface area contributed by atoms with Crippen molar-refractivity contribution >= 4 is 23.2 Å². The Morgan fingerprint density at radius 1 is 1.00 bits per heavy atom. The molecule has 1 saturated heterocycles. The van der Waals surface area contributed by atoms with Crippen LogP contribution in [0.2, 0.25) is 0 Å². The minimum absolute atomic E-state index is 0.103. The number of thiazole rings is 1. The zero-order valence-electron chi connectivity index (χ0n) is 18.0. The summed E-state index contributed by atoms with van der Waals surface area (Å²) in [6, 6.07) is 11.6. The molecule has 3 aromatic rings. The van der Waals surface area contributed by atoms with Gasteiger partial charge in [-0.1, -0.05) is 12.1 Å². The average molecular weight is 454 g/mol. The number of ether oxygens (including phenoxy) is 1. The first-order chi connectivity index (χ1) is 15.4. The predicted molar refractivity (Wildman–Crippen MR) is 121 cm³/mol. The Labute approximate surface area is 190 Å². The summed E-state index contributed by atoms with van der Waals surface area (Å²) in [5.74, 6) is -0.106. The van der Waals surface area contributed by atoms with Gasteiger partial charge in [-0.25, -0.2) is 9.37 Å². The van der Waals surface area contributed by atoms with Gasteiger partial charge < -0.3 is 14.5 Å². The number of aryl methyl sites for hydroxylation is 2. The third-order valence-corrected chi connectivity index (χ3v) is 6.23. The standard InChI is InChI=1S/C24H24FN3O3S/c1-16-6-7-19(13-22(16)25)24(30)28-10-8-27(9-11-28)23(29)18-4-3-5-21(12-18)31-14-20-15-32-17(2)26-20/h3-7,12-13,15H,8-11,14H2,1-2H3. The molecule has 1 aromatic heterocycles. The first-order valence-corrected chi connectivity index (χ1v) is 11.3. The maximum absolute atomic E-state index is 13.8. The molecule has 2 heterocycles. The van der Waals surface area contributed by atoms with E-state index in [9.17, 15) is 14.0 Å². The Morgan fingerprint density at radius 2 is 1.66 bits per heavy atom. The second-order valence-electron chi connectivity index (χ2n) is 7.72. The molecule has 8 heteroatoms. The van der Waals surface area contributed by atoms with Gasteiger partial charge in [-0.2, -0.15) is 0 Å². The summed E-state index contributed by atoms with van der Waals surface area (Å²) in [7, 11) is 0. The van der Waals surface area contributed by atoms with Gasteiger partial charge in [0, 0.05) is 42.7 Å². The summed E-state index contributed by atoms with van der Waals surface area (Å²) in [4.78, 5) is 33.4. The number of nitrogens with zero attached hydrogens (tertiary/aromatic N) is 3. The van der Waals surface area contributed by atoms with E-state index in [1.54, 1.807) is 58.4 Å². The molecule has 1 fully saturated rings. The van der Waals surface area contributed by atoms with Crippen LogP contribution in [0.1, 0.15) is 37.0 Å². The normalized spacial score (nSPS) is 13.8. The minimum Gasteiger partial charge on any atom is -0.487 e. The molecule has 6 nitrogen and oxygen atoms in total. The van der Waals surface area contributed by atoms with E-state index in [2.05, 4.69) is 4.98 Å². The number of rotatable bonds is 5. The molecule has 2 amide bonds. The van der Waals surface area contributed by atoms with Crippen molar-refractivity contribution in [1.29, 1.82) is 0 Å². The highest BCUT2D eigenvalue weighted by atomic mass is 32.1. The van der Waals surface area contributed by atoms with Crippen molar-refractivity contribution in [3.8, 4) is 5.75 Å². The molecule has 2 aromatic carbocycles. The molecule has 0 unspecified atom stereocenters. The minimum atomic E-state index is -0.392. The maximum Gasteiger partial charge on any atom is 0.254 e. The van der Waals surface area contributed by atoms with Crippen LogP contribution >= 0.6 is 11.3 Å². The molecular formula is C24H24FN3O3S. The zero-order valence-corrected chi connectivity index (χ0v) is 18.8. The molecule has 0 aliphatic carbocycles. The number of amides is 2. The van der Waals surface area contributed by atoms with Crippen molar-refractivity contribution in [3.63, 3.8) is 0 Å². The maximum atomic E-state index is 13.8. The van der Waals surface area contributed by atoms with E-state index in [0.717, 1.165) is 10.7 Å². The van der Waals surface area contributed by atoms with Crippen LogP contribution in [0.5, 0.6) is 5.75 Å². The summed E-state index contributed by atoms with van der Waals surface area (Å²) in [6.07, 6.45) is 0. The Balaban J connectivity index is 1.34. The lowest BCUT2D eigenvalue weighted by Crippen LogP contribution is -2.50. The van der Waals surface area contributed by atoms with Gasteiger partial charge in [0.1, 0.15) is 18.2 Å². The zero-order chi connectivity index (χ0) is 22.7. The molecule has 1 aliphatic heterocycles. The van der Waals surface area contributed by atoms with Gasteiger partial charge in [-0.15, -0.1) is 11.3 Å². The number of hydrogen-bond acceptors (Lipinski definition) is 5. The van der Waals surface area contributed by atoms with Crippen LogP contribution in [0.4, 0.5) is 4.39 Å². The summed E-state index contributed by atoms with van der Waals surface area (Å²) in [5.41, 5.74) is 2.23. The highest BCUT2D eigenvalue weighted by Crippen LogP contribution is 2.19. The van der Waals surface area contributed by atoms with Gasteiger partial charge in [0.05, 0.1) is 10.7 Å². The largest absolute Gasteiger partial charge is 0.487 e. The number of halogens is 1. The third kappa shape index (κ3) is 4.96. The molecule has 0 saturated carbocycles. The molecule has 0 N–H and O–H groups in total. The Bertz CT molecular complexity index is 1140. The number of hydrogen-bond donors (Lipinski definition) is 0. The summed E-state index contributed by atoms with van der Waals surface area (Å²) >= 11 is 1.57. The van der Waals surface area contributed by atoms with Gasteiger partial charge in [0.2, 0.25) is 0 Å². The second kappa shape index (κ2) is 9.48. The number of carbonyl (C=O) groups is 2. The Hall–Kier alpha value is -3.26. The fraction of sp³-hybridized carbons (Fsp3) is 0.292. The molecular weight excluding hydrogens is 429 g/mol. The van der Waals surface area contributed by atoms with Crippen LogP contribution < -0.4 is 4.74 Å². The fourth-order valence-corrected chi connectivity index (χ4v) is 4.15. The highest BCUT2D eigenvalue weighted by molar-refractivity contribution is 7.09. The van der Waals surface area contributed by atoms with E-state index < -0.39 is 5.82 Å². The third-order valence-electron chi connectivity index (χ3n) is 5.41. The SMILES string of the molecule is Cc1nc(COc2cccc(C(=O)N3CCN(C(=O)c4ccc(C)c(F)c4)CC3)c2)cs1. The van der Waals surface area contributed by atoms with E-state index in [0.29, 0.717) is 55.2 Å². The molecule has 4 rings (SSSR count). The number of carbonyl (C=O) groups excluding carboxylic acids is 2. The highest BCUT2D eigenvalue weighted by Gasteiger charge is 2.26. The van der Waals surface area contributed by atoms with Crippen molar-refractivity contribution in [2.75, 3.05) is 26.2 Å². The van der Waals surface area contributed by atoms with Crippen molar-refractivity contribution < 1.29 is 18.7 Å². The lowest BCUT2D eigenvalue weighted by Gasteiger charge is -2.35. The lowest BCUT2D eigenvalue weighted by atomic mass is 10.1. The van der Waals surface area contributed by atoms with Gasteiger partial charge >= 0.3 is 0 Å². The summed E-state index contributed by atoms with van der Waals surface area (Å²) in [5, 5.41) is 2.94. The topological polar surface area (TPSA) is 62.7 Å². The van der Waals surface area contributed by atoms with Crippen LogP contribution in [-0.2, 0) is 6.61 Å². The van der Waals surface area contributed by atoms with Crippen LogP contribution in [0.3, 0.4) is 0 Å². The van der Waals surface area contributed by atoms with Crippen molar-refractivity contribution in [2.45, 2.75) is 20.5 Å². The Morgan fingerprint density at radius 3 is 2.25 bits per heavy atom. The van der Waals surface area contributed by atoms with E-state index in [1.807, 2.05) is 18.4 Å². The molecule has 0 spiro atoms. The van der Waals surface area contributed by atoms with Gasteiger partial charge in [-0.05, 0) is 49.7 Å². The molecule has 32 heavy (non-hydrogen) atoms. The van der Waals surface area contributed by atoms with E-state index >= 15 is 0 Å². The molecule has 0 bridgehead atoms. The number of benzene rings is 2. The van der Waals surface area contributed by atoms with Gasteiger partial charge in [0.15, 0.2) is 0 Å². The molecule has 1 aliphatic rings. The first-order valence-electron chi connectivity index (χ1n) is 10.4. The first kappa shape index (κ1) is 22.0. The summed E-state index contributed by atoms with van der Waals surface area (Å²) in [6.45, 7) is 5.60. The predicted octanol–water partition coefficient (Wildman–Crippen LogP) is 4.08.